The number of aliphatic hydroxyl groups is 2. The van der Waals surface area contributed by atoms with Gasteiger partial charge < -0.3 is 114 Å². The zero-order valence-electron chi connectivity index (χ0n) is 81.3. The average molecular weight is 2220 g/mol. The fraction of sp³-hybridized carbons (Fsp3) is 0.629. The maximum atomic E-state index is 11.8. The Bertz CT molecular complexity index is 5190. The van der Waals surface area contributed by atoms with Gasteiger partial charge in [0.1, 0.15) is 62.0 Å². The monoisotopic (exact) mass is 2220 g/mol. The standard InChI is InChI=1S/C50H70O12Si.C47H66O12Si.S8.S7/c1-32(2)63(33(3)4,34(5)6)62-47-44-42(57-48(9,10)58-44)41(36(8)55-47)56-46-43(53-28-38-22-16-12-17-23-38)40(35(7)26-54-46)59-50-31-52-30-49(50,29-51-27-37-20-14-11-15-21-37)60-45(61-50)39-24-18-13-19-25-39;1-30(2)60(31(3)4,32(5)6)59-44-39(49)38(48)41(34(8)54-44)55-45-42(52-26-36-20-14-10-15-21-36)40(33(7)24-53-45)56-47-29-51-28-46(47,27-50-25-35-18-12-9-13-19-35)57-43(58-47)37-22-16-11-17-23-37;1-3-5-7-8-6-4-2;1-3-5-7-6-4-2/h11-25,32-36,40-47H,26-31H2,1-10H3;9-23,30-34,38-45,48-49H,24-29H2,1-8H3;;/t35-,36?,40?,41+,42?,43-,44+,45-,46+,47+,49+,50?;33-,34?,38?,39+,40?,41+,42-,43-,44+,45+,46+,47?;;/m11../s1. The molecule has 0 aliphatic carbocycles. The molecule has 0 aromatic heterocycles. The smallest absolute Gasteiger partial charge is 0.229 e. The van der Waals surface area contributed by atoms with Gasteiger partial charge in [-0.05, 0) is 83.2 Å². The van der Waals surface area contributed by atoms with Gasteiger partial charge in [-0.2, -0.15) is 0 Å². The van der Waals surface area contributed by atoms with Gasteiger partial charge >= 0.3 is 0 Å². The summed E-state index contributed by atoms with van der Waals surface area (Å²) in [5, 5.41) is 23.5. The van der Waals surface area contributed by atoms with E-state index in [1.807, 2.05) is 217 Å². The van der Waals surface area contributed by atoms with Crippen LogP contribution in [0.15, 0.2) is 182 Å². The van der Waals surface area contributed by atoms with Crippen LogP contribution >= 0.6 is 0 Å². The molecule has 0 bridgehead atoms. The zero-order chi connectivity index (χ0) is 99.0. The highest BCUT2D eigenvalue weighted by Gasteiger charge is 2.71. The van der Waals surface area contributed by atoms with Crippen molar-refractivity contribution >= 4 is 159 Å². The Morgan fingerprint density at radius 3 is 1.06 bits per heavy atom. The van der Waals surface area contributed by atoms with Crippen LogP contribution in [0, 0.1) is 11.8 Å². The van der Waals surface area contributed by atoms with Gasteiger partial charge in [-0.3, -0.25) is 0 Å². The molecule has 6 aromatic rings. The molecule has 9 fully saturated rings. The van der Waals surface area contributed by atoms with E-state index in [4.69, 9.17) is 104 Å². The molecule has 24 atom stereocenters. The molecule has 15 rings (SSSR count). The SMILES string of the molecule is CC1O[C@@H](O[Si](C(C)C)(C(C)C)C(C)C)[C@@H](O)C(O)[C@H]1O[C@@H]1OC[C@@H](C)C(OC23COC[C@]2(COCc2ccccc2)O[C@@H](c2ccccc2)O3)[C@H]1OCc1ccccc1.CC1O[C@@H](O[Si](C(C)C)(C(C)C)C(C)C)[C@H]2OC(C)(C)OC2[C@H]1O[C@@H]1OC[C@@H](C)C(OC23COC[C@]2(COCc2ccccc2)O[C@@H](c2ccccc2)O3)[C@H]1OCc1ccccc1.S=S=S=S=S=S=S.S=S=S=S=S=S=S=S. The van der Waals surface area contributed by atoms with Gasteiger partial charge in [-0.25, -0.2) is 0 Å². The Morgan fingerprint density at radius 2 is 0.688 bits per heavy atom. The predicted octanol–water partition coefficient (Wildman–Crippen LogP) is 16.6. The number of hydrogen-bond donors (Lipinski definition) is 2. The summed E-state index contributed by atoms with van der Waals surface area (Å²) in [6.45, 7) is 41.3. The second-order valence-corrected chi connectivity index (χ2v) is 68.5. The van der Waals surface area contributed by atoms with Crippen molar-refractivity contribution in [3.63, 3.8) is 0 Å². The summed E-state index contributed by atoms with van der Waals surface area (Å²) in [5.41, 5.74) is 5.31. The molecule has 9 heterocycles. The van der Waals surface area contributed by atoms with Gasteiger partial charge in [0, 0.05) is 165 Å². The fourth-order valence-electron chi connectivity index (χ4n) is 20.4. The number of rotatable bonds is 34. The Morgan fingerprint density at radius 1 is 0.362 bits per heavy atom. The molecule has 2 N–H and O–H groups in total. The summed E-state index contributed by atoms with van der Waals surface area (Å²) in [6.07, 6.45) is -14.3. The lowest BCUT2D eigenvalue weighted by molar-refractivity contribution is -0.361. The lowest BCUT2D eigenvalue weighted by Gasteiger charge is -2.50. The number of aliphatic hydroxyl groups excluding tert-OH is 2. The molecule has 0 spiro atoms. The Labute approximate surface area is 868 Å². The first-order chi connectivity index (χ1) is 66.3. The normalized spacial score (nSPS) is 32.0. The summed E-state index contributed by atoms with van der Waals surface area (Å²) in [5.74, 6) is -4.02. The van der Waals surface area contributed by atoms with Crippen LogP contribution in [0.4, 0.5) is 0 Å². The van der Waals surface area contributed by atoms with Crippen molar-refractivity contribution in [3.8, 4) is 0 Å². The molecule has 9 aliphatic heterocycles. The van der Waals surface area contributed by atoms with Crippen LogP contribution in [0.1, 0.15) is 171 Å². The van der Waals surface area contributed by atoms with E-state index in [1.54, 1.807) is 62.2 Å². The molecule has 41 heteroatoms. The molecule has 8 unspecified atom stereocenters. The minimum absolute atomic E-state index is 0.0831. The van der Waals surface area contributed by atoms with Gasteiger partial charge in [0.05, 0.1) is 90.5 Å². The van der Waals surface area contributed by atoms with Crippen molar-refractivity contribution < 1.29 is 114 Å². The van der Waals surface area contributed by atoms with Crippen LogP contribution in [-0.2, 0) is 272 Å². The summed E-state index contributed by atoms with van der Waals surface area (Å²) < 4.78 is 149. The third kappa shape index (κ3) is 28.4. The second kappa shape index (κ2) is 54.5. The van der Waals surface area contributed by atoms with E-state index in [9.17, 15) is 10.2 Å². The predicted molar refractivity (Wildman–Crippen MR) is 574 cm³/mol. The van der Waals surface area contributed by atoms with E-state index in [0.29, 0.717) is 36.4 Å². The molecule has 6 aromatic carbocycles. The van der Waals surface area contributed by atoms with E-state index in [0.717, 1.165) is 33.4 Å². The maximum Gasteiger partial charge on any atom is 0.229 e. The van der Waals surface area contributed by atoms with E-state index in [-0.39, 0.29) is 87.9 Å². The largest absolute Gasteiger partial charge is 0.389 e. The zero-order valence-corrected chi connectivity index (χ0v) is 95.6. The van der Waals surface area contributed by atoms with Crippen molar-refractivity contribution in [1.82, 2.24) is 0 Å². The number of ether oxygens (including phenoxy) is 20. The molecule has 0 radical (unpaired) electrons. The van der Waals surface area contributed by atoms with Crippen molar-refractivity contribution in [2.24, 2.45) is 11.8 Å². The van der Waals surface area contributed by atoms with Gasteiger partial charge in [-0.15, -0.1) is 0 Å². The summed E-state index contributed by atoms with van der Waals surface area (Å²) >= 11 is 18.3. The highest BCUT2D eigenvalue weighted by Crippen LogP contribution is 2.56. The van der Waals surface area contributed by atoms with Gasteiger partial charge in [0.15, 0.2) is 54.7 Å². The molecular weight excluding hydrogens is 2090 g/mol. The third-order valence-electron chi connectivity index (χ3n) is 26.7. The van der Waals surface area contributed by atoms with Crippen molar-refractivity contribution in [3.05, 3.63) is 215 Å². The maximum absolute atomic E-state index is 11.8. The summed E-state index contributed by atoms with van der Waals surface area (Å²) in [6, 6.07) is 59.6. The molecule has 9 aliphatic rings. The molecule has 9 saturated heterocycles. The number of hydrogen-bond acceptors (Lipinski definition) is 28. The first kappa shape index (κ1) is 115. The summed E-state index contributed by atoms with van der Waals surface area (Å²) in [7, 11) is 11.6. The quantitative estimate of drug-likeness (QED) is 0.0357. The van der Waals surface area contributed by atoms with E-state index in [1.165, 1.54) is 35.5 Å². The number of fused-ring (bicyclic) bond motifs is 3. The molecule has 138 heavy (non-hydrogen) atoms. The Kier molecular flexibility index (Phi) is 45.3. The molecular formula is C97H136O24S15Si2. The van der Waals surface area contributed by atoms with Crippen LogP contribution < -0.4 is 0 Å². The minimum Gasteiger partial charge on any atom is -0.389 e. The Hall–Kier alpha value is -1.91. The fourth-order valence-corrected chi connectivity index (χ4v) is 50.4. The molecule has 0 saturated carbocycles. The van der Waals surface area contributed by atoms with Crippen molar-refractivity contribution in [1.29, 1.82) is 0 Å². The molecule has 0 amide bonds. The first-order valence-electron chi connectivity index (χ1n) is 46.9. The van der Waals surface area contributed by atoms with Gasteiger partial charge in [0.25, 0.3) is 0 Å². The Balaban J connectivity index is 0.000000215. The minimum atomic E-state index is -2.48. The second-order valence-electron chi connectivity index (χ2n) is 38.2. The highest BCUT2D eigenvalue weighted by atomic mass is 33.4. The lowest BCUT2D eigenvalue weighted by Crippen LogP contribution is -2.65. The van der Waals surface area contributed by atoms with Crippen LogP contribution in [0.5, 0.6) is 0 Å². The average Bonchev–Trinajstić information content (AvgIpc) is 1.56. The van der Waals surface area contributed by atoms with Crippen LogP contribution in [0.2, 0.25) is 33.2 Å². The van der Waals surface area contributed by atoms with E-state index in [2.05, 4.69) is 135 Å². The van der Waals surface area contributed by atoms with Gasteiger partial charge in [0.2, 0.25) is 28.2 Å². The van der Waals surface area contributed by atoms with E-state index < -0.39 is 156 Å². The first-order valence-corrected chi connectivity index (χ1v) is 68.5. The van der Waals surface area contributed by atoms with Crippen LogP contribution in [0.25, 0.3) is 0 Å². The third-order valence-corrected chi connectivity index (χ3v) is 58.9. The lowest BCUT2D eigenvalue weighted by atomic mass is 9.93. The topological polar surface area (TPSA) is 244 Å². The molecule has 766 valence electrons. The van der Waals surface area contributed by atoms with Crippen molar-refractivity contribution in [2.45, 2.75) is 324 Å². The van der Waals surface area contributed by atoms with Gasteiger partial charge in [-0.1, -0.05) is 279 Å². The van der Waals surface area contributed by atoms with Crippen LogP contribution in [0.3, 0.4) is 0 Å². The van der Waals surface area contributed by atoms with E-state index >= 15 is 0 Å². The highest BCUT2D eigenvalue weighted by molar-refractivity contribution is 8.70. The van der Waals surface area contributed by atoms with Crippen molar-refractivity contribution in [2.75, 3.05) is 52.9 Å². The summed E-state index contributed by atoms with van der Waals surface area (Å²) in [4.78, 5) is 0. The molecule has 24 nitrogen and oxygen atoms in total. The number of benzene rings is 6. The van der Waals surface area contributed by atoms with Crippen LogP contribution in [-0.4, -0.2) is 207 Å².